The minimum Gasteiger partial charge on any atom is -0.339 e. The van der Waals surface area contributed by atoms with Crippen molar-refractivity contribution in [2.45, 2.75) is 39.4 Å². The summed E-state index contributed by atoms with van der Waals surface area (Å²) >= 11 is 1.80. The van der Waals surface area contributed by atoms with E-state index in [9.17, 15) is 4.79 Å². The lowest BCUT2D eigenvalue weighted by Gasteiger charge is -2.00. The van der Waals surface area contributed by atoms with Crippen LogP contribution in [0.4, 0.5) is 0 Å². The lowest BCUT2D eigenvalue weighted by atomic mass is 10.2. The van der Waals surface area contributed by atoms with Gasteiger partial charge < -0.3 is 9.32 Å². The Kier molecular flexibility index (Phi) is 5.52. The number of aromatic nitrogens is 2. The molecule has 1 aromatic heterocycles. The Labute approximate surface area is 100 Å². The van der Waals surface area contributed by atoms with Gasteiger partial charge in [0.05, 0.1) is 5.75 Å². The first-order chi connectivity index (χ1) is 7.58. The van der Waals surface area contributed by atoms with Gasteiger partial charge >= 0.3 is 0 Å². The smallest absolute Gasteiger partial charge is 0.227 e. The second-order valence-electron chi connectivity index (χ2n) is 4.22. The van der Waals surface area contributed by atoms with Crippen molar-refractivity contribution in [3.05, 3.63) is 11.7 Å². The molecular formula is C11H18N2O2S. The van der Waals surface area contributed by atoms with Crippen LogP contribution in [0, 0.1) is 5.92 Å². The zero-order chi connectivity index (χ0) is 12.0. The third-order valence-electron chi connectivity index (χ3n) is 1.88. The van der Waals surface area contributed by atoms with Gasteiger partial charge in [-0.15, -0.1) is 0 Å². The maximum absolute atomic E-state index is 10.8. The van der Waals surface area contributed by atoms with E-state index in [4.69, 9.17) is 4.52 Å². The number of ketones is 1. The molecular weight excluding hydrogens is 224 g/mol. The van der Waals surface area contributed by atoms with Crippen LogP contribution < -0.4 is 0 Å². The van der Waals surface area contributed by atoms with Crippen molar-refractivity contribution < 1.29 is 9.32 Å². The van der Waals surface area contributed by atoms with E-state index < -0.39 is 0 Å². The minimum atomic E-state index is 0.147. The summed E-state index contributed by atoms with van der Waals surface area (Å²) in [6, 6.07) is 0. The molecule has 0 amide bonds. The van der Waals surface area contributed by atoms with Crippen molar-refractivity contribution in [2.75, 3.05) is 5.75 Å². The number of nitrogens with zero attached hydrogens (tertiary/aromatic N) is 2. The highest BCUT2D eigenvalue weighted by Crippen LogP contribution is 2.13. The summed E-state index contributed by atoms with van der Waals surface area (Å²) in [6.45, 7) is 5.93. The molecule has 0 radical (unpaired) electrons. The molecule has 0 aliphatic rings. The molecule has 1 rings (SSSR count). The standard InChI is InChI=1S/C11H18N2O2S/c1-8(2)6-16-7-10-12-11(15-13-10)5-4-9(3)14/h8H,4-7H2,1-3H3. The summed E-state index contributed by atoms with van der Waals surface area (Å²) in [5.41, 5.74) is 0. The van der Waals surface area contributed by atoms with Crippen LogP contribution in [0.15, 0.2) is 4.52 Å². The molecule has 16 heavy (non-hydrogen) atoms. The van der Waals surface area contributed by atoms with Crippen LogP contribution in [0.25, 0.3) is 0 Å². The van der Waals surface area contributed by atoms with Gasteiger partial charge in [-0.1, -0.05) is 19.0 Å². The quantitative estimate of drug-likeness (QED) is 0.735. The third-order valence-corrected chi connectivity index (χ3v) is 3.25. The molecule has 1 aromatic rings. The number of carbonyl (C=O) groups is 1. The van der Waals surface area contributed by atoms with Gasteiger partial charge in [-0.3, -0.25) is 0 Å². The van der Waals surface area contributed by atoms with Crippen LogP contribution in [0.3, 0.4) is 0 Å². The van der Waals surface area contributed by atoms with E-state index in [0.717, 1.165) is 17.3 Å². The van der Waals surface area contributed by atoms with Gasteiger partial charge in [0.2, 0.25) is 5.89 Å². The van der Waals surface area contributed by atoms with Gasteiger partial charge in [0.25, 0.3) is 0 Å². The summed E-state index contributed by atoms with van der Waals surface area (Å²) in [5.74, 6) is 3.99. The molecule has 0 unspecified atom stereocenters. The van der Waals surface area contributed by atoms with Crippen molar-refractivity contribution in [1.29, 1.82) is 0 Å². The van der Waals surface area contributed by atoms with E-state index >= 15 is 0 Å². The molecule has 0 saturated carbocycles. The molecule has 90 valence electrons. The Morgan fingerprint density at radius 1 is 1.50 bits per heavy atom. The Bertz CT molecular complexity index is 336. The molecule has 1 heterocycles. The largest absolute Gasteiger partial charge is 0.339 e. The molecule has 0 fully saturated rings. The minimum absolute atomic E-state index is 0.147. The molecule has 4 nitrogen and oxygen atoms in total. The second-order valence-corrected chi connectivity index (χ2v) is 5.25. The number of thioether (sulfide) groups is 1. The number of hydrogen-bond donors (Lipinski definition) is 0. The molecule has 0 bridgehead atoms. The van der Waals surface area contributed by atoms with Gasteiger partial charge in [0.1, 0.15) is 5.78 Å². The summed E-state index contributed by atoms with van der Waals surface area (Å²) in [4.78, 5) is 15.0. The van der Waals surface area contributed by atoms with Gasteiger partial charge in [0, 0.05) is 12.8 Å². The van der Waals surface area contributed by atoms with Crippen LogP contribution in [-0.2, 0) is 17.0 Å². The molecule has 0 N–H and O–H groups in total. The monoisotopic (exact) mass is 242 g/mol. The lowest BCUT2D eigenvalue weighted by molar-refractivity contribution is -0.117. The normalized spacial score (nSPS) is 11.0. The topological polar surface area (TPSA) is 56.0 Å². The number of hydrogen-bond acceptors (Lipinski definition) is 5. The highest BCUT2D eigenvalue weighted by molar-refractivity contribution is 7.98. The summed E-state index contributed by atoms with van der Waals surface area (Å²) in [5, 5.41) is 3.87. The summed E-state index contributed by atoms with van der Waals surface area (Å²) in [6.07, 6.45) is 1.03. The first-order valence-corrected chi connectivity index (χ1v) is 6.62. The van der Waals surface area contributed by atoms with E-state index in [1.54, 1.807) is 18.7 Å². The van der Waals surface area contributed by atoms with Crippen LogP contribution >= 0.6 is 11.8 Å². The summed E-state index contributed by atoms with van der Waals surface area (Å²) < 4.78 is 5.05. The van der Waals surface area contributed by atoms with Gasteiger partial charge in [-0.05, 0) is 18.6 Å². The van der Waals surface area contributed by atoms with Gasteiger partial charge in [-0.25, -0.2) is 0 Å². The third kappa shape index (κ3) is 5.30. The van der Waals surface area contributed by atoms with Crippen LogP contribution in [0.5, 0.6) is 0 Å². The maximum Gasteiger partial charge on any atom is 0.227 e. The van der Waals surface area contributed by atoms with Crippen molar-refractivity contribution >= 4 is 17.5 Å². The first-order valence-electron chi connectivity index (χ1n) is 5.46. The van der Waals surface area contributed by atoms with Gasteiger partial charge in [0.15, 0.2) is 5.82 Å². The Balaban J connectivity index is 2.30. The van der Waals surface area contributed by atoms with Crippen LogP contribution in [-0.4, -0.2) is 21.7 Å². The van der Waals surface area contributed by atoms with E-state index in [0.29, 0.717) is 24.7 Å². The van der Waals surface area contributed by atoms with E-state index in [1.165, 1.54) is 0 Å². The van der Waals surface area contributed by atoms with Crippen molar-refractivity contribution in [2.24, 2.45) is 5.92 Å². The predicted molar refractivity (Wildman–Crippen MR) is 64.3 cm³/mol. The number of rotatable bonds is 7. The highest BCUT2D eigenvalue weighted by atomic mass is 32.2. The molecule has 0 atom stereocenters. The molecule has 0 spiro atoms. The Morgan fingerprint density at radius 2 is 2.25 bits per heavy atom. The van der Waals surface area contributed by atoms with Crippen LogP contribution in [0.1, 0.15) is 38.9 Å². The van der Waals surface area contributed by atoms with E-state index in [-0.39, 0.29) is 5.78 Å². The highest BCUT2D eigenvalue weighted by Gasteiger charge is 2.07. The fourth-order valence-electron chi connectivity index (χ4n) is 1.12. The Morgan fingerprint density at radius 3 is 2.88 bits per heavy atom. The number of Topliss-reactive ketones (excluding diaryl/α,β-unsaturated/α-hetero) is 1. The van der Waals surface area contributed by atoms with Gasteiger partial charge in [-0.2, -0.15) is 16.7 Å². The van der Waals surface area contributed by atoms with Crippen LogP contribution in [0.2, 0.25) is 0 Å². The molecule has 0 aromatic carbocycles. The SMILES string of the molecule is CC(=O)CCc1nc(CSCC(C)C)no1. The first kappa shape index (κ1) is 13.2. The zero-order valence-corrected chi connectivity index (χ0v) is 10.8. The lowest BCUT2D eigenvalue weighted by Crippen LogP contribution is -1.95. The van der Waals surface area contributed by atoms with E-state index in [2.05, 4.69) is 24.0 Å². The summed E-state index contributed by atoms with van der Waals surface area (Å²) in [7, 11) is 0. The zero-order valence-electron chi connectivity index (χ0n) is 10.0. The number of aryl methyl sites for hydroxylation is 1. The van der Waals surface area contributed by atoms with Crippen molar-refractivity contribution in [3.63, 3.8) is 0 Å². The second kappa shape index (κ2) is 6.68. The molecule has 0 saturated heterocycles. The molecule has 0 aliphatic carbocycles. The predicted octanol–water partition coefficient (Wildman–Crippen LogP) is 2.48. The molecule has 0 aliphatic heterocycles. The number of carbonyl (C=O) groups excluding carboxylic acids is 1. The Hall–Kier alpha value is -0.840. The fourth-order valence-corrected chi connectivity index (χ4v) is 2.01. The fraction of sp³-hybridized carbons (Fsp3) is 0.727. The average molecular weight is 242 g/mol. The van der Waals surface area contributed by atoms with Crippen molar-refractivity contribution in [1.82, 2.24) is 10.1 Å². The van der Waals surface area contributed by atoms with E-state index in [1.807, 2.05) is 0 Å². The average Bonchev–Trinajstić information content (AvgIpc) is 2.62. The maximum atomic E-state index is 10.8. The molecule has 5 heteroatoms. The van der Waals surface area contributed by atoms with Crippen molar-refractivity contribution in [3.8, 4) is 0 Å².